The molecule has 1 aromatic carbocycles. The fraction of sp³-hybridized carbons (Fsp3) is 0.467. The van der Waals surface area contributed by atoms with Gasteiger partial charge in [-0.1, -0.05) is 0 Å². The van der Waals surface area contributed by atoms with E-state index in [9.17, 15) is 18.5 Å². The molecule has 2 heterocycles. The number of nitro benzene ring substituents is 1. The second-order valence-electron chi connectivity index (χ2n) is 5.72. The maximum Gasteiger partial charge on any atom is 0.271 e. The van der Waals surface area contributed by atoms with Crippen LogP contribution in [0.4, 0.5) is 5.69 Å². The number of benzene rings is 1. The average Bonchev–Trinajstić information content (AvgIpc) is 2.99. The van der Waals surface area contributed by atoms with Gasteiger partial charge in [0.1, 0.15) is 4.90 Å². The minimum Gasteiger partial charge on any atom is -0.377 e. The molecule has 9 heteroatoms. The summed E-state index contributed by atoms with van der Waals surface area (Å²) in [6, 6.07) is 4.13. The number of ether oxygens (including phenoxy) is 1. The number of H-pyrrole nitrogens is 1. The van der Waals surface area contributed by atoms with Crippen LogP contribution < -0.4 is 0 Å². The van der Waals surface area contributed by atoms with Crippen LogP contribution in [0.2, 0.25) is 0 Å². The molecule has 1 N–H and O–H groups in total. The number of piperidine rings is 1. The third-order valence-corrected chi connectivity index (χ3v) is 6.10. The summed E-state index contributed by atoms with van der Waals surface area (Å²) in [4.78, 5) is 13.3. The second kappa shape index (κ2) is 6.50. The molecule has 0 amide bonds. The lowest BCUT2D eigenvalue weighted by atomic mass is 10.1. The van der Waals surface area contributed by atoms with Gasteiger partial charge in [0.05, 0.1) is 16.5 Å². The molecule has 2 aromatic rings. The molecule has 24 heavy (non-hydrogen) atoms. The summed E-state index contributed by atoms with van der Waals surface area (Å²) in [7, 11) is -3.68. The predicted octanol–water partition coefficient (Wildman–Crippen LogP) is 2.27. The van der Waals surface area contributed by atoms with E-state index in [2.05, 4.69) is 4.98 Å². The van der Waals surface area contributed by atoms with E-state index in [1.165, 1.54) is 28.7 Å². The van der Waals surface area contributed by atoms with E-state index in [0.717, 1.165) is 12.8 Å². The van der Waals surface area contributed by atoms with Crippen molar-refractivity contribution in [2.24, 2.45) is 0 Å². The first-order valence-corrected chi connectivity index (χ1v) is 9.24. The third kappa shape index (κ3) is 3.02. The van der Waals surface area contributed by atoms with Gasteiger partial charge < -0.3 is 9.72 Å². The summed E-state index contributed by atoms with van der Waals surface area (Å²) in [5.41, 5.74) is 0.351. The first-order chi connectivity index (χ1) is 11.4. The van der Waals surface area contributed by atoms with Crippen molar-refractivity contribution in [1.82, 2.24) is 9.29 Å². The van der Waals surface area contributed by atoms with Crippen molar-refractivity contribution >= 4 is 26.6 Å². The number of hydrogen-bond donors (Lipinski definition) is 1. The number of nitrogens with one attached hydrogen (secondary N) is 1. The Kier molecular flexibility index (Phi) is 4.57. The molecular weight excluding hydrogens is 334 g/mol. The van der Waals surface area contributed by atoms with Gasteiger partial charge in [-0.25, -0.2) is 8.42 Å². The van der Waals surface area contributed by atoms with Crippen LogP contribution in [0.1, 0.15) is 19.8 Å². The Labute approximate surface area is 139 Å². The Hall–Kier alpha value is -1.97. The number of hydrogen-bond acceptors (Lipinski definition) is 5. The lowest BCUT2D eigenvalue weighted by Gasteiger charge is -2.31. The molecule has 1 fully saturated rings. The molecular formula is C15H19N3O5S. The maximum atomic E-state index is 12.9. The monoisotopic (exact) mass is 353 g/mol. The first-order valence-electron chi connectivity index (χ1n) is 7.80. The third-order valence-electron chi connectivity index (χ3n) is 4.20. The van der Waals surface area contributed by atoms with E-state index < -0.39 is 14.9 Å². The van der Waals surface area contributed by atoms with E-state index in [4.69, 9.17) is 4.74 Å². The van der Waals surface area contributed by atoms with Crippen molar-refractivity contribution in [1.29, 1.82) is 0 Å². The van der Waals surface area contributed by atoms with Gasteiger partial charge in [-0.15, -0.1) is 0 Å². The molecule has 130 valence electrons. The topological polar surface area (TPSA) is 106 Å². The number of nitrogens with zero attached hydrogens (tertiary/aromatic N) is 2. The normalized spacial score (nSPS) is 19.6. The second-order valence-corrected chi connectivity index (χ2v) is 7.63. The molecule has 1 aliphatic rings. The highest BCUT2D eigenvalue weighted by Crippen LogP contribution is 2.30. The van der Waals surface area contributed by atoms with Crippen molar-refractivity contribution in [3.8, 4) is 0 Å². The van der Waals surface area contributed by atoms with Gasteiger partial charge in [0.25, 0.3) is 5.69 Å². The van der Waals surface area contributed by atoms with Crippen LogP contribution in [0.15, 0.2) is 29.3 Å². The number of sulfonamides is 1. The first kappa shape index (κ1) is 16.9. The predicted molar refractivity (Wildman–Crippen MR) is 88.4 cm³/mol. The molecule has 1 atom stereocenters. The van der Waals surface area contributed by atoms with E-state index in [0.29, 0.717) is 30.6 Å². The summed E-state index contributed by atoms with van der Waals surface area (Å²) in [5, 5.41) is 11.3. The Morgan fingerprint density at radius 3 is 2.96 bits per heavy atom. The van der Waals surface area contributed by atoms with Crippen LogP contribution in [0.5, 0.6) is 0 Å². The molecule has 1 unspecified atom stereocenters. The summed E-state index contributed by atoms with van der Waals surface area (Å²) >= 11 is 0. The highest BCUT2D eigenvalue weighted by molar-refractivity contribution is 7.89. The summed E-state index contributed by atoms with van der Waals surface area (Å²) in [6.07, 6.45) is 2.90. The van der Waals surface area contributed by atoms with Crippen LogP contribution in [-0.4, -0.2) is 48.4 Å². The average molecular weight is 353 g/mol. The number of nitro groups is 1. The Morgan fingerprint density at radius 1 is 1.46 bits per heavy atom. The lowest BCUT2D eigenvalue weighted by molar-refractivity contribution is -0.384. The zero-order chi connectivity index (χ0) is 17.3. The van der Waals surface area contributed by atoms with E-state index >= 15 is 0 Å². The molecule has 1 aromatic heterocycles. The largest absolute Gasteiger partial charge is 0.377 e. The number of fused-ring (bicyclic) bond motifs is 1. The van der Waals surface area contributed by atoms with Crippen molar-refractivity contribution in [2.45, 2.75) is 30.8 Å². The van der Waals surface area contributed by atoms with E-state index in [-0.39, 0.29) is 16.7 Å². The van der Waals surface area contributed by atoms with E-state index in [1.54, 1.807) is 0 Å². The van der Waals surface area contributed by atoms with Crippen molar-refractivity contribution in [3.63, 3.8) is 0 Å². The Bertz CT molecular complexity index is 859. The SMILES string of the molecule is CCOC1CCCN(S(=O)(=O)c2c[nH]c3cc([N+](=O)[O-])ccc23)C1. The summed E-state index contributed by atoms with van der Waals surface area (Å²) < 4.78 is 32.9. The van der Waals surface area contributed by atoms with Gasteiger partial charge in [0.2, 0.25) is 10.0 Å². The number of aromatic nitrogens is 1. The highest BCUT2D eigenvalue weighted by Gasteiger charge is 2.32. The molecule has 0 bridgehead atoms. The zero-order valence-electron chi connectivity index (χ0n) is 13.3. The fourth-order valence-electron chi connectivity index (χ4n) is 3.05. The molecule has 1 aliphatic heterocycles. The minimum atomic E-state index is -3.68. The summed E-state index contributed by atoms with van der Waals surface area (Å²) in [5.74, 6) is 0. The molecule has 0 spiro atoms. The fourth-order valence-corrected chi connectivity index (χ4v) is 4.72. The van der Waals surface area contributed by atoms with Gasteiger partial charge in [-0.2, -0.15) is 4.31 Å². The Morgan fingerprint density at radius 2 is 2.25 bits per heavy atom. The number of aromatic amines is 1. The van der Waals surface area contributed by atoms with Crippen LogP contribution in [0.3, 0.4) is 0 Å². The van der Waals surface area contributed by atoms with Gasteiger partial charge in [0, 0.05) is 43.4 Å². The standard InChI is InChI=1S/C15H19N3O5S/c1-2-23-12-4-3-7-17(10-12)24(21,22)15-9-16-14-8-11(18(19)20)5-6-13(14)15/h5-6,8-9,12,16H,2-4,7,10H2,1H3. The van der Waals surface area contributed by atoms with Crippen LogP contribution in [0.25, 0.3) is 10.9 Å². The highest BCUT2D eigenvalue weighted by atomic mass is 32.2. The molecule has 1 saturated heterocycles. The number of non-ortho nitro benzene ring substituents is 1. The van der Waals surface area contributed by atoms with Gasteiger partial charge in [-0.05, 0) is 25.8 Å². The van der Waals surface area contributed by atoms with Crippen molar-refractivity contribution in [3.05, 3.63) is 34.5 Å². The van der Waals surface area contributed by atoms with Crippen LogP contribution >= 0.6 is 0 Å². The van der Waals surface area contributed by atoms with Gasteiger partial charge in [0.15, 0.2) is 0 Å². The molecule has 0 radical (unpaired) electrons. The van der Waals surface area contributed by atoms with Gasteiger partial charge >= 0.3 is 0 Å². The molecule has 8 nitrogen and oxygen atoms in total. The zero-order valence-corrected chi connectivity index (χ0v) is 14.1. The van der Waals surface area contributed by atoms with Crippen LogP contribution in [-0.2, 0) is 14.8 Å². The van der Waals surface area contributed by atoms with Crippen molar-refractivity contribution in [2.75, 3.05) is 19.7 Å². The van der Waals surface area contributed by atoms with Crippen LogP contribution in [0, 0.1) is 10.1 Å². The molecule has 0 saturated carbocycles. The maximum absolute atomic E-state index is 12.9. The van der Waals surface area contributed by atoms with E-state index in [1.807, 2.05) is 6.92 Å². The van der Waals surface area contributed by atoms with Crippen molar-refractivity contribution < 1.29 is 18.1 Å². The smallest absolute Gasteiger partial charge is 0.271 e. The molecule has 0 aliphatic carbocycles. The minimum absolute atomic E-state index is 0.0809. The summed E-state index contributed by atoms with van der Waals surface area (Å²) in [6.45, 7) is 3.22. The molecule has 3 rings (SSSR count). The lowest BCUT2D eigenvalue weighted by Crippen LogP contribution is -2.43. The number of rotatable bonds is 5. The quantitative estimate of drug-likeness (QED) is 0.655. The Balaban J connectivity index is 1.95. The van der Waals surface area contributed by atoms with Gasteiger partial charge in [-0.3, -0.25) is 10.1 Å².